The molecular weight excluding hydrogens is 166 g/mol. The van der Waals surface area contributed by atoms with Gasteiger partial charge in [0.1, 0.15) is 0 Å². The highest BCUT2D eigenvalue weighted by atomic mass is 16.5. The van der Waals surface area contributed by atoms with Crippen LogP contribution in [-0.2, 0) is 4.74 Å². The van der Waals surface area contributed by atoms with E-state index in [9.17, 15) is 0 Å². The van der Waals surface area contributed by atoms with Gasteiger partial charge in [-0.25, -0.2) is 0 Å². The SMILES string of the molecule is C/C(=C/CNC1CCCOC1)CO. The molecule has 3 nitrogen and oxygen atoms in total. The second-order valence-electron chi connectivity index (χ2n) is 3.53. The number of hydrogen-bond donors (Lipinski definition) is 2. The van der Waals surface area contributed by atoms with Crippen molar-refractivity contribution in [3.05, 3.63) is 11.6 Å². The van der Waals surface area contributed by atoms with E-state index in [4.69, 9.17) is 9.84 Å². The lowest BCUT2D eigenvalue weighted by Crippen LogP contribution is -2.36. The highest BCUT2D eigenvalue weighted by Gasteiger charge is 2.11. The Kier molecular flexibility index (Phi) is 5.05. The van der Waals surface area contributed by atoms with Crippen LogP contribution >= 0.6 is 0 Å². The van der Waals surface area contributed by atoms with Crippen LogP contribution in [0.3, 0.4) is 0 Å². The third-order valence-electron chi connectivity index (χ3n) is 2.27. The minimum atomic E-state index is 0.156. The first-order chi connectivity index (χ1) is 6.33. The zero-order valence-electron chi connectivity index (χ0n) is 8.25. The quantitative estimate of drug-likeness (QED) is 0.633. The molecule has 3 heteroatoms. The molecule has 0 aromatic rings. The predicted octanol–water partition coefficient (Wildman–Crippen LogP) is 0.694. The van der Waals surface area contributed by atoms with E-state index in [0.29, 0.717) is 6.04 Å². The summed E-state index contributed by atoms with van der Waals surface area (Å²) in [5.41, 5.74) is 1.02. The van der Waals surface area contributed by atoms with Crippen molar-refractivity contribution in [3.8, 4) is 0 Å². The van der Waals surface area contributed by atoms with Crippen molar-refractivity contribution >= 4 is 0 Å². The molecule has 0 saturated carbocycles. The number of aliphatic hydroxyl groups is 1. The highest BCUT2D eigenvalue weighted by molar-refractivity contribution is 4.99. The average Bonchev–Trinajstić information content (AvgIpc) is 2.19. The molecule has 0 bridgehead atoms. The Labute approximate surface area is 79.8 Å². The number of nitrogens with one attached hydrogen (secondary N) is 1. The van der Waals surface area contributed by atoms with E-state index in [1.54, 1.807) is 0 Å². The molecule has 1 atom stereocenters. The summed E-state index contributed by atoms with van der Waals surface area (Å²) in [5.74, 6) is 0. The van der Waals surface area contributed by atoms with Gasteiger partial charge in [-0.2, -0.15) is 0 Å². The van der Waals surface area contributed by atoms with Crippen LogP contribution in [-0.4, -0.2) is 37.5 Å². The molecule has 1 unspecified atom stereocenters. The van der Waals surface area contributed by atoms with Crippen LogP contribution in [0.1, 0.15) is 19.8 Å². The summed E-state index contributed by atoms with van der Waals surface area (Å²) in [6.07, 6.45) is 4.38. The van der Waals surface area contributed by atoms with Crippen LogP contribution in [0.25, 0.3) is 0 Å². The van der Waals surface area contributed by atoms with Crippen LogP contribution in [0.5, 0.6) is 0 Å². The first-order valence-electron chi connectivity index (χ1n) is 4.90. The average molecular weight is 185 g/mol. The Bertz CT molecular complexity index is 162. The van der Waals surface area contributed by atoms with Crippen molar-refractivity contribution in [3.63, 3.8) is 0 Å². The van der Waals surface area contributed by atoms with Gasteiger partial charge in [-0.15, -0.1) is 0 Å². The summed E-state index contributed by atoms with van der Waals surface area (Å²) >= 11 is 0. The molecule has 13 heavy (non-hydrogen) atoms. The lowest BCUT2D eigenvalue weighted by Gasteiger charge is -2.22. The molecule has 0 spiro atoms. The van der Waals surface area contributed by atoms with E-state index in [0.717, 1.165) is 31.8 Å². The molecule has 0 aromatic heterocycles. The molecule has 0 aromatic carbocycles. The molecule has 1 saturated heterocycles. The molecular formula is C10H19NO2. The minimum Gasteiger partial charge on any atom is -0.392 e. The molecule has 2 N–H and O–H groups in total. The fraction of sp³-hybridized carbons (Fsp3) is 0.800. The zero-order chi connectivity index (χ0) is 9.52. The summed E-state index contributed by atoms with van der Waals surface area (Å²) in [4.78, 5) is 0. The van der Waals surface area contributed by atoms with Crippen LogP contribution in [0, 0.1) is 0 Å². The molecule has 1 heterocycles. The molecule has 1 aliphatic heterocycles. The van der Waals surface area contributed by atoms with Gasteiger partial charge in [0.25, 0.3) is 0 Å². The van der Waals surface area contributed by atoms with Gasteiger partial charge in [-0.3, -0.25) is 0 Å². The second-order valence-corrected chi connectivity index (χ2v) is 3.53. The summed E-state index contributed by atoms with van der Waals surface area (Å²) < 4.78 is 5.33. The highest BCUT2D eigenvalue weighted by Crippen LogP contribution is 2.05. The zero-order valence-corrected chi connectivity index (χ0v) is 8.25. The van der Waals surface area contributed by atoms with Gasteiger partial charge in [0.2, 0.25) is 0 Å². The number of hydrogen-bond acceptors (Lipinski definition) is 3. The van der Waals surface area contributed by atoms with Gasteiger partial charge in [0.05, 0.1) is 13.2 Å². The van der Waals surface area contributed by atoms with E-state index in [1.165, 1.54) is 6.42 Å². The number of rotatable bonds is 4. The Balaban J connectivity index is 2.10. The van der Waals surface area contributed by atoms with Crippen molar-refractivity contribution < 1.29 is 9.84 Å². The normalized spacial score (nSPS) is 24.8. The van der Waals surface area contributed by atoms with Crippen molar-refractivity contribution in [1.82, 2.24) is 5.32 Å². The standard InChI is InChI=1S/C10H19NO2/c1-9(7-12)4-5-11-10-3-2-6-13-8-10/h4,10-12H,2-3,5-8H2,1H3/b9-4-. The topological polar surface area (TPSA) is 41.5 Å². The number of ether oxygens (including phenoxy) is 1. The Morgan fingerprint density at radius 1 is 1.69 bits per heavy atom. The van der Waals surface area contributed by atoms with Gasteiger partial charge in [0, 0.05) is 19.2 Å². The molecule has 1 aliphatic rings. The van der Waals surface area contributed by atoms with Crippen molar-refractivity contribution in [2.45, 2.75) is 25.8 Å². The Morgan fingerprint density at radius 2 is 2.54 bits per heavy atom. The summed E-state index contributed by atoms with van der Waals surface area (Å²) in [6, 6.07) is 0.497. The van der Waals surface area contributed by atoms with E-state index in [2.05, 4.69) is 5.32 Å². The fourth-order valence-electron chi connectivity index (χ4n) is 1.37. The maximum atomic E-state index is 8.75. The third kappa shape index (κ3) is 4.41. The lowest BCUT2D eigenvalue weighted by molar-refractivity contribution is 0.0717. The van der Waals surface area contributed by atoms with Gasteiger partial charge in [0.15, 0.2) is 0 Å². The van der Waals surface area contributed by atoms with E-state index >= 15 is 0 Å². The smallest absolute Gasteiger partial charge is 0.0639 e. The van der Waals surface area contributed by atoms with Crippen molar-refractivity contribution in [1.29, 1.82) is 0 Å². The second kappa shape index (κ2) is 6.13. The van der Waals surface area contributed by atoms with Gasteiger partial charge < -0.3 is 15.2 Å². The van der Waals surface area contributed by atoms with Gasteiger partial charge in [-0.05, 0) is 19.8 Å². The van der Waals surface area contributed by atoms with Crippen LogP contribution in [0.4, 0.5) is 0 Å². The van der Waals surface area contributed by atoms with Crippen LogP contribution in [0.15, 0.2) is 11.6 Å². The number of aliphatic hydroxyl groups excluding tert-OH is 1. The largest absolute Gasteiger partial charge is 0.392 e. The van der Waals surface area contributed by atoms with E-state index < -0.39 is 0 Å². The predicted molar refractivity (Wildman–Crippen MR) is 52.7 cm³/mol. The molecule has 76 valence electrons. The Morgan fingerprint density at radius 3 is 3.15 bits per heavy atom. The maximum absolute atomic E-state index is 8.75. The molecule has 0 radical (unpaired) electrons. The maximum Gasteiger partial charge on any atom is 0.0639 e. The minimum absolute atomic E-state index is 0.156. The summed E-state index contributed by atoms with van der Waals surface area (Å²) in [6.45, 7) is 4.65. The molecule has 0 aliphatic carbocycles. The van der Waals surface area contributed by atoms with Crippen LogP contribution < -0.4 is 5.32 Å². The van der Waals surface area contributed by atoms with Crippen LogP contribution in [0.2, 0.25) is 0 Å². The fourth-order valence-corrected chi connectivity index (χ4v) is 1.37. The Hall–Kier alpha value is -0.380. The third-order valence-corrected chi connectivity index (χ3v) is 2.27. The van der Waals surface area contributed by atoms with E-state index in [-0.39, 0.29) is 6.61 Å². The summed E-state index contributed by atoms with van der Waals surface area (Å²) in [5, 5.41) is 12.1. The van der Waals surface area contributed by atoms with E-state index in [1.807, 2.05) is 13.0 Å². The van der Waals surface area contributed by atoms with Crippen molar-refractivity contribution in [2.24, 2.45) is 0 Å². The van der Waals surface area contributed by atoms with Gasteiger partial charge >= 0.3 is 0 Å². The monoisotopic (exact) mass is 185 g/mol. The van der Waals surface area contributed by atoms with Gasteiger partial charge in [-0.1, -0.05) is 11.6 Å². The summed E-state index contributed by atoms with van der Waals surface area (Å²) in [7, 11) is 0. The first-order valence-corrected chi connectivity index (χ1v) is 4.90. The molecule has 1 fully saturated rings. The first kappa shape index (κ1) is 10.7. The van der Waals surface area contributed by atoms with Crippen molar-refractivity contribution in [2.75, 3.05) is 26.4 Å². The molecule has 1 rings (SSSR count). The lowest BCUT2D eigenvalue weighted by atomic mass is 10.1. The molecule has 0 amide bonds.